The van der Waals surface area contributed by atoms with Crippen molar-refractivity contribution in [1.29, 1.82) is 0 Å². The summed E-state index contributed by atoms with van der Waals surface area (Å²) in [6.45, 7) is 0.340. The first-order valence-electron chi connectivity index (χ1n) is 7.72. The average Bonchev–Trinajstić information content (AvgIpc) is 2.86. The molecule has 0 saturated heterocycles. The van der Waals surface area contributed by atoms with Gasteiger partial charge in [0.05, 0.1) is 0 Å². The van der Waals surface area contributed by atoms with Crippen molar-refractivity contribution in [1.82, 2.24) is 8.94 Å². The van der Waals surface area contributed by atoms with Gasteiger partial charge in [-0.25, -0.2) is 13.2 Å². The van der Waals surface area contributed by atoms with E-state index >= 15 is 0 Å². The molecule has 3 nitrogen and oxygen atoms in total. The Morgan fingerprint density at radius 1 is 1.33 bits per heavy atom. The highest BCUT2D eigenvalue weighted by molar-refractivity contribution is 7.02. The Kier molecular flexibility index (Phi) is 5.01. The summed E-state index contributed by atoms with van der Waals surface area (Å²) >= 11 is 6.82. The predicted molar refractivity (Wildman–Crippen MR) is 87.5 cm³/mol. The van der Waals surface area contributed by atoms with Crippen LogP contribution in [0.2, 0.25) is 5.02 Å². The average molecular weight is 377 g/mol. The second-order valence-corrected chi connectivity index (χ2v) is 7.27. The molecule has 1 fully saturated rings. The number of aromatic nitrogens is 2. The van der Waals surface area contributed by atoms with E-state index in [9.17, 15) is 18.0 Å². The maximum atomic E-state index is 13.9. The second-order valence-electron chi connectivity index (χ2n) is 6.15. The van der Waals surface area contributed by atoms with Crippen molar-refractivity contribution in [2.45, 2.75) is 44.6 Å². The van der Waals surface area contributed by atoms with E-state index in [0.717, 1.165) is 11.5 Å². The van der Waals surface area contributed by atoms with Gasteiger partial charge in [0.1, 0.15) is 11.6 Å². The van der Waals surface area contributed by atoms with Crippen LogP contribution in [0.4, 0.5) is 13.2 Å². The smallest absolute Gasteiger partial charge is 0.285 e. The molecule has 0 amide bonds. The van der Waals surface area contributed by atoms with Gasteiger partial charge < -0.3 is 0 Å². The van der Waals surface area contributed by atoms with E-state index in [1.54, 1.807) is 6.07 Å². The Hall–Kier alpha value is -1.34. The standard InChI is InChI=1S/C16H16ClF3N2OS/c17-12-2-1-3-13(18)11(12)8-14-21-24-15(23)22(14)9-10-4-6-16(19,20)7-5-10/h1-3,10H,4-9H2. The van der Waals surface area contributed by atoms with Gasteiger partial charge in [0.2, 0.25) is 5.92 Å². The molecule has 0 bridgehead atoms. The van der Waals surface area contributed by atoms with Gasteiger partial charge >= 0.3 is 4.87 Å². The van der Waals surface area contributed by atoms with Gasteiger partial charge in [-0.3, -0.25) is 9.36 Å². The molecule has 1 saturated carbocycles. The van der Waals surface area contributed by atoms with Crippen LogP contribution in [0.3, 0.4) is 0 Å². The largest absolute Gasteiger partial charge is 0.326 e. The summed E-state index contributed by atoms with van der Waals surface area (Å²) in [5.41, 5.74) is 0.286. The van der Waals surface area contributed by atoms with Gasteiger partial charge in [-0.15, -0.1) is 0 Å². The van der Waals surface area contributed by atoms with Gasteiger partial charge in [0.15, 0.2) is 0 Å². The molecule has 130 valence electrons. The Labute approximate surface area is 146 Å². The lowest BCUT2D eigenvalue weighted by atomic mass is 9.86. The maximum absolute atomic E-state index is 13.9. The van der Waals surface area contributed by atoms with Crippen LogP contribution < -0.4 is 4.87 Å². The minimum Gasteiger partial charge on any atom is -0.285 e. The van der Waals surface area contributed by atoms with Crippen molar-refractivity contribution in [2.75, 3.05) is 0 Å². The third kappa shape index (κ3) is 3.83. The zero-order valence-electron chi connectivity index (χ0n) is 12.8. The lowest BCUT2D eigenvalue weighted by Gasteiger charge is -2.28. The van der Waals surface area contributed by atoms with Crippen LogP contribution in [0.15, 0.2) is 23.0 Å². The molecular formula is C16H16ClF3N2OS. The van der Waals surface area contributed by atoms with Crippen LogP contribution in [0.5, 0.6) is 0 Å². The molecule has 0 spiro atoms. The summed E-state index contributed by atoms with van der Waals surface area (Å²) in [5, 5.41) is 0.277. The summed E-state index contributed by atoms with van der Waals surface area (Å²) < 4.78 is 46.0. The Bertz CT molecular complexity index is 760. The molecule has 0 aliphatic heterocycles. The van der Waals surface area contributed by atoms with Gasteiger partial charge in [-0.1, -0.05) is 17.7 Å². The molecule has 1 aliphatic rings. The molecule has 8 heteroatoms. The second kappa shape index (κ2) is 6.88. The first kappa shape index (κ1) is 17.5. The number of rotatable bonds is 4. The molecule has 1 aromatic heterocycles. The summed E-state index contributed by atoms with van der Waals surface area (Å²) in [6.07, 6.45) is 0.536. The van der Waals surface area contributed by atoms with Gasteiger partial charge in [-0.2, -0.15) is 4.37 Å². The fourth-order valence-corrected chi connectivity index (χ4v) is 3.86. The van der Waals surface area contributed by atoms with Gasteiger partial charge in [0, 0.05) is 47.9 Å². The highest BCUT2D eigenvalue weighted by atomic mass is 35.5. The SMILES string of the molecule is O=c1snc(Cc2c(F)cccc2Cl)n1CC1CCC(F)(F)CC1. The monoisotopic (exact) mass is 376 g/mol. The lowest BCUT2D eigenvalue weighted by molar-refractivity contribution is -0.0474. The quantitative estimate of drug-likeness (QED) is 0.786. The number of alkyl halides is 2. The molecule has 0 N–H and O–H groups in total. The molecular weight excluding hydrogens is 361 g/mol. The Balaban J connectivity index is 1.79. The maximum Gasteiger partial charge on any atom is 0.326 e. The summed E-state index contributed by atoms with van der Waals surface area (Å²) in [6, 6.07) is 4.40. The van der Waals surface area contributed by atoms with Gasteiger partial charge in [0.25, 0.3) is 0 Å². The van der Waals surface area contributed by atoms with Crippen LogP contribution in [-0.4, -0.2) is 14.9 Å². The fourth-order valence-electron chi connectivity index (χ4n) is 3.00. The summed E-state index contributed by atoms with van der Waals surface area (Å²) in [7, 11) is 0. The molecule has 0 radical (unpaired) electrons. The molecule has 0 atom stereocenters. The van der Waals surface area contributed by atoms with E-state index in [0.29, 0.717) is 25.2 Å². The van der Waals surface area contributed by atoms with E-state index in [-0.39, 0.29) is 40.6 Å². The first-order chi connectivity index (χ1) is 11.4. The molecule has 1 aliphatic carbocycles. The number of hydrogen-bond acceptors (Lipinski definition) is 3. The van der Waals surface area contributed by atoms with Crippen LogP contribution in [-0.2, 0) is 13.0 Å². The molecule has 2 aromatic rings. The van der Waals surface area contributed by atoms with Crippen molar-refractivity contribution in [3.63, 3.8) is 0 Å². The number of halogens is 4. The molecule has 24 heavy (non-hydrogen) atoms. The molecule has 3 rings (SSSR count). The van der Waals surface area contributed by atoms with Crippen LogP contribution in [0.25, 0.3) is 0 Å². The summed E-state index contributed by atoms with van der Waals surface area (Å²) in [4.78, 5) is 11.8. The normalized spacial score (nSPS) is 18.0. The van der Waals surface area contributed by atoms with E-state index in [1.165, 1.54) is 16.7 Å². The Morgan fingerprint density at radius 3 is 2.71 bits per heavy atom. The van der Waals surface area contributed by atoms with E-state index < -0.39 is 11.7 Å². The van der Waals surface area contributed by atoms with Crippen LogP contribution in [0.1, 0.15) is 37.1 Å². The zero-order valence-corrected chi connectivity index (χ0v) is 14.3. The Morgan fingerprint density at radius 2 is 2.04 bits per heavy atom. The van der Waals surface area contributed by atoms with E-state index in [2.05, 4.69) is 4.37 Å². The predicted octanol–water partition coefficient (Wildman–Crippen LogP) is 4.51. The van der Waals surface area contributed by atoms with E-state index in [1.807, 2.05) is 0 Å². The summed E-state index contributed by atoms with van der Waals surface area (Å²) in [5.74, 6) is -2.62. The lowest BCUT2D eigenvalue weighted by Crippen LogP contribution is -2.29. The number of nitrogens with zero attached hydrogens (tertiary/aromatic N) is 2. The first-order valence-corrected chi connectivity index (χ1v) is 8.87. The third-order valence-electron chi connectivity index (χ3n) is 4.44. The fraction of sp³-hybridized carbons (Fsp3) is 0.500. The molecule has 1 aromatic carbocycles. The molecule has 1 heterocycles. The van der Waals surface area contributed by atoms with Crippen molar-refractivity contribution in [3.8, 4) is 0 Å². The van der Waals surface area contributed by atoms with Crippen LogP contribution >= 0.6 is 23.1 Å². The highest BCUT2D eigenvalue weighted by Gasteiger charge is 2.35. The number of benzene rings is 1. The minimum absolute atomic E-state index is 0.00793. The van der Waals surface area contributed by atoms with Crippen molar-refractivity contribution in [2.24, 2.45) is 5.92 Å². The third-order valence-corrected chi connectivity index (χ3v) is 5.47. The van der Waals surface area contributed by atoms with Crippen LogP contribution in [0, 0.1) is 11.7 Å². The molecule has 0 unspecified atom stereocenters. The van der Waals surface area contributed by atoms with Crippen molar-refractivity contribution in [3.05, 3.63) is 50.1 Å². The number of hydrogen-bond donors (Lipinski definition) is 0. The van der Waals surface area contributed by atoms with Crippen molar-refractivity contribution >= 4 is 23.1 Å². The minimum atomic E-state index is -2.60. The topological polar surface area (TPSA) is 34.9 Å². The zero-order chi connectivity index (χ0) is 17.3. The van der Waals surface area contributed by atoms with Gasteiger partial charge in [-0.05, 0) is 30.9 Å². The van der Waals surface area contributed by atoms with Crippen molar-refractivity contribution < 1.29 is 13.2 Å². The van der Waals surface area contributed by atoms with E-state index in [4.69, 9.17) is 11.6 Å². The highest BCUT2D eigenvalue weighted by Crippen LogP contribution is 2.36.